The van der Waals surface area contributed by atoms with Crippen LogP contribution in [0.3, 0.4) is 0 Å². The van der Waals surface area contributed by atoms with Crippen LogP contribution in [0.1, 0.15) is 43.4 Å². The van der Waals surface area contributed by atoms with Crippen molar-refractivity contribution < 1.29 is 9.53 Å². The summed E-state index contributed by atoms with van der Waals surface area (Å²) in [5, 5.41) is 6.05. The molecular weight excluding hydrogens is 346 g/mol. The topological polar surface area (TPSA) is 38.3 Å². The molecule has 2 aliphatic rings. The van der Waals surface area contributed by atoms with Gasteiger partial charge in [-0.3, -0.25) is 4.79 Å². The van der Waals surface area contributed by atoms with Crippen molar-refractivity contribution in [2.75, 3.05) is 11.9 Å². The molecule has 1 N–H and O–H groups in total. The molecule has 3 aromatic carbocycles. The number of allylic oxidation sites excluding steroid dienone is 1. The second-order valence-electron chi connectivity index (χ2n) is 7.47. The van der Waals surface area contributed by atoms with Gasteiger partial charge in [-0.25, -0.2) is 0 Å². The molecule has 140 valence electrons. The first kappa shape index (κ1) is 17.1. The third kappa shape index (κ3) is 2.70. The van der Waals surface area contributed by atoms with Gasteiger partial charge in [-0.05, 0) is 59.9 Å². The van der Waals surface area contributed by atoms with Crippen molar-refractivity contribution in [1.82, 2.24) is 0 Å². The maximum Gasteiger partial charge on any atom is 0.163 e. The van der Waals surface area contributed by atoms with Gasteiger partial charge in [0, 0.05) is 23.2 Å². The SMILES string of the molecule is CCOc1ccc(C2Nc3ccc4ccccc4c3C3=C2CCCC3=O)cc1. The number of anilines is 1. The first-order chi connectivity index (χ1) is 13.8. The molecule has 1 heterocycles. The van der Waals surface area contributed by atoms with Gasteiger partial charge in [0.1, 0.15) is 5.75 Å². The quantitative estimate of drug-likeness (QED) is 0.623. The number of benzene rings is 3. The Kier molecular flexibility index (Phi) is 4.16. The molecule has 1 aliphatic heterocycles. The van der Waals surface area contributed by atoms with E-state index < -0.39 is 0 Å². The lowest BCUT2D eigenvalue weighted by atomic mass is 9.77. The molecule has 0 amide bonds. The lowest BCUT2D eigenvalue weighted by Gasteiger charge is -2.35. The molecule has 0 spiro atoms. The Balaban J connectivity index is 1.68. The van der Waals surface area contributed by atoms with Gasteiger partial charge in [0.05, 0.1) is 12.6 Å². The molecule has 0 aromatic heterocycles. The zero-order valence-corrected chi connectivity index (χ0v) is 16.0. The fourth-order valence-electron chi connectivity index (χ4n) is 4.57. The predicted molar refractivity (Wildman–Crippen MR) is 114 cm³/mol. The van der Waals surface area contributed by atoms with E-state index in [0.717, 1.165) is 40.8 Å². The molecule has 28 heavy (non-hydrogen) atoms. The normalized spacial score (nSPS) is 18.5. The Hall–Kier alpha value is -3.07. The summed E-state index contributed by atoms with van der Waals surface area (Å²) in [6, 6.07) is 20.9. The molecule has 3 heteroatoms. The van der Waals surface area contributed by atoms with Crippen LogP contribution < -0.4 is 10.1 Å². The van der Waals surface area contributed by atoms with Crippen LogP contribution >= 0.6 is 0 Å². The number of ether oxygens (including phenoxy) is 1. The van der Waals surface area contributed by atoms with Crippen LogP contribution in [0.2, 0.25) is 0 Å². The highest BCUT2D eigenvalue weighted by Crippen LogP contribution is 2.47. The Morgan fingerprint density at radius 2 is 1.82 bits per heavy atom. The second kappa shape index (κ2) is 6.83. The first-order valence-corrected chi connectivity index (χ1v) is 10.0. The predicted octanol–water partition coefficient (Wildman–Crippen LogP) is 5.91. The minimum atomic E-state index is 0.0311. The molecule has 0 bridgehead atoms. The fourth-order valence-corrected chi connectivity index (χ4v) is 4.57. The van der Waals surface area contributed by atoms with E-state index >= 15 is 0 Å². The maximum absolute atomic E-state index is 13.0. The number of rotatable bonds is 3. The lowest BCUT2D eigenvalue weighted by molar-refractivity contribution is -0.114. The maximum atomic E-state index is 13.0. The molecule has 0 fully saturated rings. The van der Waals surface area contributed by atoms with Gasteiger partial charge >= 0.3 is 0 Å². The lowest BCUT2D eigenvalue weighted by Crippen LogP contribution is -2.25. The van der Waals surface area contributed by atoms with Gasteiger partial charge in [-0.2, -0.15) is 0 Å². The van der Waals surface area contributed by atoms with E-state index in [1.807, 2.05) is 25.1 Å². The number of carbonyl (C=O) groups excluding carboxylic acids is 1. The zero-order valence-electron chi connectivity index (χ0n) is 16.0. The molecule has 3 nitrogen and oxygen atoms in total. The van der Waals surface area contributed by atoms with Crippen LogP contribution in [0.5, 0.6) is 5.75 Å². The van der Waals surface area contributed by atoms with Gasteiger partial charge in [0.15, 0.2) is 5.78 Å². The number of Topliss-reactive ketones (excluding diaryl/α,β-unsaturated/α-hetero) is 1. The van der Waals surface area contributed by atoms with Crippen molar-refractivity contribution in [3.63, 3.8) is 0 Å². The van der Waals surface area contributed by atoms with Gasteiger partial charge in [-0.1, -0.05) is 42.5 Å². The van der Waals surface area contributed by atoms with E-state index in [1.165, 1.54) is 16.5 Å². The zero-order chi connectivity index (χ0) is 19.1. The van der Waals surface area contributed by atoms with Crippen molar-refractivity contribution >= 4 is 27.8 Å². The summed E-state index contributed by atoms with van der Waals surface area (Å²) in [5.74, 6) is 1.15. The summed E-state index contributed by atoms with van der Waals surface area (Å²) >= 11 is 0. The molecule has 1 atom stereocenters. The smallest absolute Gasteiger partial charge is 0.163 e. The van der Waals surface area contributed by atoms with E-state index in [2.05, 4.69) is 47.8 Å². The van der Waals surface area contributed by atoms with E-state index in [-0.39, 0.29) is 11.8 Å². The summed E-state index contributed by atoms with van der Waals surface area (Å²) in [5.41, 5.74) is 5.47. The fraction of sp³-hybridized carbons (Fsp3) is 0.240. The molecular formula is C25H23NO2. The Labute approximate surface area is 165 Å². The largest absolute Gasteiger partial charge is 0.494 e. The Morgan fingerprint density at radius 3 is 2.64 bits per heavy atom. The molecule has 1 aliphatic carbocycles. The summed E-state index contributed by atoms with van der Waals surface area (Å²) in [4.78, 5) is 13.0. The van der Waals surface area contributed by atoms with E-state index in [0.29, 0.717) is 13.0 Å². The highest BCUT2D eigenvalue weighted by Gasteiger charge is 2.34. The van der Waals surface area contributed by atoms with Crippen LogP contribution in [0, 0.1) is 0 Å². The van der Waals surface area contributed by atoms with Gasteiger partial charge in [-0.15, -0.1) is 0 Å². The summed E-state index contributed by atoms with van der Waals surface area (Å²) in [6.07, 6.45) is 2.51. The van der Waals surface area contributed by atoms with Crippen LogP contribution in [0.25, 0.3) is 16.3 Å². The van der Waals surface area contributed by atoms with Crippen LogP contribution in [0.15, 0.2) is 66.2 Å². The van der Waals surface area contributed by atoms with Crippen molar-refractivity contribution in [3.8, 4) is 5.75 Å². The minimum Gasteiger partial charge on any atom is -0.494 e. The van der Waals surface area contributed by atoms with E-state index in [4.69, 9.17) is 4.74 Å². The van der Waals surface area contributed by atoms with Gasteiger partial charge < -0.3 is 10.1 Å². The highest BCUT2D eigenvalue weighted by molar-refractivity contribution is 6.27. The van der Waals surface area contributed by atoms with Gasteiger partial charge in [0.25, 0.3) is 0 Å². The molecule has 0 saturated carbocycles. The second-order valence-corrected chi connectivity index (χ2v) is 7.47. The third-order valence-electron chi connectivity index (χ3n) is 5.80. The number of hydrogen-bond acceptors (Lipinski definition) is 3. The van der Waals surface area contributed by atoms with Crippen LogP contribution in [0.4, 0.5) is 5.69 Å². The van der Waals surface area contributed by atoms with Crippen LogP contribution in [-0.2, 0) is 4.79 Å². The Morgan fingerprint density at radius 1 is 1.00 bits per heavy atom. The van der Waals surface area contributed by atoms with Crippen molar-refractivity contribution in [3.05, 3.63) is 77.4 Å². The molecule has 0 radical (unpaired) electrons. The standard InChI is InChI=1S/C25H23NO2/c1-2-28-18-13-10-17(11-14-18)25-20-8-5-9-22(27)24(20)23-19-7-4-3-6-16(19)12-15-21(23)26-25/h3-4,6-7,10-15,25-26H,2,5,8-9H2,1H3. The van der Waals surface area contributed by atoms with Gasteiger partial charge in [0.2, 0.25) is 0 Å². The average molecular weight is 369 g/mol. The molecule has 3 aromatic rings. The summed E-state index contributed by atoms with van der Waals surface area (Å²) < 4.78 is 5.59. The van der Waals surface area contributed by atoms with E-state index in [9.17, 15) is 4.79 Å². The molecule has 0 saturated heterocycles. The molecule has 5 rings (SSSR count). The number of ketones is 1. The number of fused-ring (bicyclic) bond motifs is 4. The average Bonchev–Trinajstić information content (AvgIpc) is 2.74. The summed E-state index contributed by atoms with van der Waals surface area (Å²) in [6.45, 7) is 2.65. The van der Waals surface area contributed by atoms with Crippen LogP contribution in [-0.4, -0.2) is 12.4 Å². The van der Waals surface area contributed by atoms with Crippen molar-refractivity contribution in [2.45, 2.75) is 32.2 Å². The number of hydrogen-bond donors (Lipinski definition) is 1. The monoisotopic (exact) mass is 369 g/mol. The Bertz CT molecular complexity index is 1100. The van der Waals surface area contributed by atoms with Crippen molar-refractivity contribution in [1.29, 1.82) is 0 Å². The first-order valence-electron chi connectivity index (χ1n) is 10.0. The third-order valence-corrected chi connectivity index (χ3v) is 5.80. The highest BCUT2D eigenvalue weighted by atomic mass is 16.5. The van der Waals surface area contributed by atoms with E-state index in [1.54, 1.807) is 0 Å². The number of carbonyl (C=O) groups is 1. The molecule has 1 unspecified atom stereocenters. The van der Waals surface area contributed by atoms with Crippen molar-refractivity contribution in [2.24, 2.45) is 0 Å². The minimum absolute atomic E-state index is 0.0311. The summed E-state index contributed by atoms with van der Waals surface area (Å²) in [7, 11) is 0. The number of nitrogens with one attached hydrogen (secondary N) is 1.